The maximum absolute atomic E-state index is 13.7. The number of carbonyl (C=O) groups is 1. The fourth-order valence-electron chi connectivity index (χ4n) is 4.32. The second-order valence-electron chi connectivity index (χ2n) is 8.50. The summed E-state index contributed by atoms with van der Waals surface area (Å²) in [6, 6.07) is 12.1. The highest BCUT2D eigenvalue weighted by molar-refractivity contribution is 5.99. The first-order chi connectivity index (χ1) is 16.4. The smallest absolute Gasteiger partial charge is 0.290 e. The maximum atomic E-state index is 13.7. The molecule has 0 N–H and O–H groups in total. The normalized spacial score (nSPS) is 15.1. The summed E-state index contributed by atoms with van der Waals surface area (Å²) < 4.78 is 17.3. The van der Waals surface area contributed by atoms with Gasteiger partial charge < -0.3 is 23.7 Å². The van der Waals surface area contributed by atoms with Crippen molar-refractivity contribution in [1.29, 1.82) is 0 Å². The third-order valence-electron chi connectivity index (χ3n) is 5.80. The lowest BCUT2D eigenvalue weighted by Crippen LogP contribution is -2.32. The lowest BCUT2D eigenvalue weighted by molar-refractivity contribution is 0.0722. The number of nitrogens with zero attached hydrogens (tertiary/aromatic N) is 2. The van der Waals surface area contributed by atoms with Gasteiger partial charge in [-0.1, -0.05) is 24.8 Å². The van der Waals surface area contributed by atoms with Gasteiger partial charge in [0, 0.05) is 12.6 Å². The summed E-state index contributed by atoms with van der Waals surface area (Å²) in [5.74, 6) is 1.06. The van der Waals surface area contributed by atoms with Gasteiger partial charge in [-0.3, -0.25) is 9.59 Å². The lowest BCUT2D eigenvalue weighted by atomic mass is 9.98. The van der Waals surface area contributed by atoms with Crippen molar-refractivity contribution >= 4 is 16.9 Å². The molecule has 1 amide bonds. The highest BCUT2D eigenvalue weighted by Crippen LogP contribution is 2.39. The van der Waals surface area contributed by atoms with Crippen LogP contribution in [0.3, 0.4) is 0 Å². The van der Waals surface area contributed by atoms with Crippen LogP contribution in [0.4, 0.5) is 0 Å². The Labute approximate surface area is 199 Å². The van der Waals surface area contributed by atoms with Gasteiger partial charge in [0.15, 0.2) is 5.43 Å². The molecule has 1 aromatic heterocycles. The highest BCUT2D eigenvalue weighted by atomic mass is 16.5. The zero-order valence-electron chi connectivity index (χ0n) is 19.9. The fourth-order valence-corrected chi connectivity index (χ4v) is 4.32. The predicted molar refractivity (Wildman–Crippen MR) is 132 cm³/mol. The molecule has 178 valence electrons. The van der Waals surface area contributed by atoms with Crippen LogP contribution < -0.4 is 14.9 Å². The predicted octanol–water partition coefficient (Wildman–Crippen LogP) is 4.25. The summed E-state index contributed by atoms with van der Waals surface area (Å²) in [6.07, 6.45) is 2.43. The zero-order chi connectivity index (χ0) is 24.2. The average Bonchev–Trinajstić information content (AvgIpc) is 3.10. The monoisotopic (exact) mass is 462 g/mol. The maximum Gasteiger partial charge on any atom is 0.290 e. The Bertz CT molecular complexity index is 1260. The topological polar surface area (TPSA) is 72.2 Å². The molecule has 34 heavy (non-hydrogen) atoms. The van der Waals surface area contributed by atoms with Crippen LogP contribution in [-0.2, 0) is 0 Å². The molecule has 2 heterocycles. The largest absolute Gasteiger partial charge is 0.494 e. The van der Waals surface area contributed by atoms with E-state index in [0.717, 1.165) is 18.5 Å². The van der Waals surface area contributed by atoms with Crippen molar-refractivity contribution in [1.82, 2.24) is 9.80 Å². The summed E-state index contributed by atoms with van der Waals surface area (Å²) in [5, 5.41) is 0.425. The van der Waals surface area contributed by atoms with Gasteiger partial charge in [-0.2, -0.15) is 0 Å². The first-order valence-electron chi connectivity index (χ1n) is 11.5. The van der Waals surface area contributed by atoms with E-state index in [0.29, 0.717) is 47.8 Å². The Hall–Kier alpha value is -3.58. The Kier molecular flexibility index (Phi) is 7.03. The minimum absolute atomic E-state index is 0.0958. The molecule has 0 saturated heterocycles. The molecular formula is C27H30N2O5. The number of benzene rings is 2. The van der Waals surface area contributed by atoms with Gasteiger partial charge in [-0.15, -0.1) is 0 Å². The number of hydrogen-bond donors (Lipinski definition) is 0. The van der Waals surface area contributed by atoms with Crippen molar-refractivity contribution in [3.8, 4) is 11.5 Å². The van der Waals surface area contributed by atoms with Crippen LogP contribution >= 0.6 is 0 Å². The summed E-state index contributed by atoms with van der Waals surface area (Å²) in [6.45, 7) is 7.74. The Morgan fingerprint density at radius 3 is 2.65 bits per heavy atom. The molecule has 7 heteroatoms. The van der Waals surface area contributed by atoms with Crippen molar-refractivity contribution in [2.75, 3.05) is 40.4 Å². The molecule has 2 aromatic carbocycles. The molecule has 3 aromatic rings. The Morgan fingerprint density at radius 1 is 1.12 bits per heavy atom. The SMILES string of the molecule is C=CCOc1cccc(C2c3c(oc4cc(OCC)ccc4c3=O)C(=O)N2CCCN(C)C)c1. The molecule has 1 aliphatic rings. The van der Waals surface area contributed by atoms with E-state index in [1.165, 1.54) is 0 Å². The van der Waals surface area contributed by atoms with Crippen molar-refractivity contribution in [2.24, 2.45) is 0 Å². The summed E-state index contributed by atoms with van der Waals surface area (Å²) in [7, 11) is 3.98. The van der Waals surface area contributed by atoms with Gasteiger partial charge in [0.25, 0.3) is 5.91 Å². The fraction of sp³-hybridized carbons (Fsp3) is 0.333. The first kappa shape index (κ1) is 23.6. The van der Waals surface area contributed by atoms with E-state index in [9.17, 15) is 9.59 Å². The van der Waals surface area contributed by atoms with E-state index >= 15 is 0 Å². The van der Waals surface area contributed by atoms with Gasteiger partial charge in [0.05, 0.1) is 23.6 Å². The lowest BCUT2D eigenvalue weighted by Gasteiger charge is -2.26. The molecule has 1 atom stereocenters. The van der Waals surface area contributed by atoms with Crippen molar-refractivity contribution < 1.29 is 18.7 Å². The van der Waals surface area contributed by atoms with E-state index in [2.05, 4.69) is 11.5 Å². The molecule has 1 aliphatic heterocycles. The number of hydrogen-bond acceptors (Lipinski definition) is 6. The van der Waals surface area contributed by atoms with Crippen molar-refractivity contribution in [3.63, 3.8) is 0 Å². The standard InChI is InChI=1S/C27H30N2O5/c1-5-15-33-19-10-7-9-18(16-19)24-23-25(30)21-12-11-20(32-6-2)17-22(21)34-26(23)27(31)29(24)14-8-13-28(3)4/h5,7,9-12,16-17,24H,1,6,8,13-15H2,2-4H3. The molecule has 1 unspecified atom stereocenters. The van der Waals surface area contributed by atoms with E-state index in [4.69, 9.17) is 13.9 Å². The van der Waals surface area contributed by atoms with Crippen molar-refractivity contribution in [2.45, 2.75) is 19.4 Å². The van der Waals surface area contributed by atoms with E-state index in [1.54, 1.807) is 29.2 Å². The number of amides is 1. The van der Waals surface area contributed by atoms with Crippen molar-refractivity contribution in [3.05, 3.63) is 82.2 Å². The van der Waals surface area contributed by atoms with Gasteiger partial charge in [0.2, 0.25) is 5.76 Å². The van der Waals surface area contributed by atoms with Crippen LogP contribution in [0.2, 0.25) is 0 Å². The molecule has 0 saturated carbocycles. The van der Waals surface area contributed by atoms with Crippen LogP contribution in [-0.4, -0.2) is 56.1 Å². The second-order valence-corrected chi connectivity index (χ2v) is 8.50. The molecule has 0 bridgehead atoms. The average molecular weight is 463 g/mol. The zero-order valence-corrected chi connectivity index (χ0v) is 19.9. The number of rotatable bonds is 10. The molecule has 0 aliphatic carbocycles. The van der Waals surface area contributed by atoms with Gasteiger partial charge in [-0.25, -0.2) is 0 Å². The molecule has 0 radical (unpaired) electrons. The van der Waals surface area contributed by atoms with Gasteiger partial charge in [0.1, 0.15) is 23.7 Å². The molecule has 7 nitrogen and oxygen atoms in total. The highest BCUT2D eigenvalue weighted by Gasteiger charge is 2.42. The van der Waals surface area contributed by atoms with Crippen LogP contribution in [0.1, 0.15) is 41.1 Å². The minimum atomic E-state index is -0.552. The third-order valence-corrected chi connectivity index (χ3v) is 5.80. The minimum Gasteiger partial charge on any atom is -0.494 e. The van der Waals surface area contributed by atoms with E-state index in [-0.39, 0.29) is 17.1 Å². The molecule has 0 fully saturated rings. The van der Waals surface area contributed by atoms with Crippen LogP contribution in [0.5, 0.6) is 11.5 Å². The van der Waals surface area contributed by atoms with E-state index in [1.807, 2.05) is 45.3 Å². The van der Waals surface area contributed by atoms with Gasteiger partial charge in [-0.05, 0) is 63.8 Å². The van der Waals surface area contributed by atoms with Crippen LogP contribution in [0.25, 0.3) is 11.0 Å². The second kappa shape index (κ2) is 10.1. The number of fused-ring (bicyclic) bond motifs is 2. The Morgan fingerprint density at radius 2 is 1.91 bits per heavy atom. The number of carbonyl (C=O) groups excluding carboxylic acids is 1. The molecular weight excluding hydrogens is 432 g/mol. The van der Waals surface area contributed by atoms with Crippen LogP contribution in [0.15, 0.2) is 64.3 Å². The van der Waals surface area contributed by atoms with Gasteiger partial charge >= 0.3 is 0 Å². The third kappa shape index (κ3) is 4.56. The van der Waals surface area contributed by atoms with E-state index < -0.39 is 6.04 Å². The molecule has 4 rings (SSSR count). The Balaban J connectivity index is 1.84. The summed E-state index contributed by atoms with van der Waals surface area (Å²) in [4.78, 5) is 31.0. The molecule has 0 spiro atoms. The van der Waals surface area contributed by atoms with Crippen LogP contribution in [0, 0.1) is 0 Å². The summed E-state index contributed by atoms with van der Waals surface area (Å²) >= 11 is 0. The number of ether oxygens (including phenoxy) is 2. The first-order valence-corrected chi connectivity index (χ1v) is 11.5. The quantitative estimate of drug-likeness (QED) is 0.420. The summed E-state index contributed by atoms with van der Waals surface area (Å²) in [5.41, 5.74) is 1.31.